The van der Waals surface area contributed by atoms with Crippen molar-refractivity contribution in [2.24, 2.45) is 0 Å². The molecule has 0 saturated carbocycles. The first kappa shape index (κ1) is 14.9. The van der Waals surface area contributed by atoms with Crippen molar-refractivity contribution in [2.75, 3.05) is 19.4 Å². The summed E-state index contributed by atoms with van der Waals surface area (Å²) in [6.07, 6.45) is 0. The van der Waals surface area contributed by atoms with E-state index in [2.05, 4.69) is 0 Å². The number of anilines is 1. The predicted octanol–water partition coefficient (Wildman–Crippen LogP) is 0.801. The van der Waals surface area contributed by atoms with Crippen molar-refractivity contribution in [3.63, 3.8) is 0 Å². The number of nitrogens with two attached hydrogens (primary N) is 1. The van der Waals surface area contributed by atoms with Crippen molar-refractivity contribution < 1.29 is 13.5 Å². The SMILES string of the molecule is CN(C(C)(C)CO)S(=O)(=O)Cc1ccccc1N. The predicted molar refractivity (Wildman–Crippen MR) is 72.4 cm³/mol. The fraction of sp³-hybridized carbons (Fsp3) is 0.500. The highest BCUT2D eigenvalue weighted by Crippen LogP contribution is 2.21. The van der Waals surface area contributed by atoms with Gasteiger partial charge in [-0.25, -0.2) is 8.42 Å². The van der Waals surface area contributed by atoms with Gasteiger partial charge in [0.25, 0.3) is 0 Å². The molecule has 0 heterocycles. The lowest BCUT2D eigenvalue weighted by Crippen LogP contribution is -2.47. The zero-order chi connectivity index (χ0) is 14.0. The third-order valence-electron chi connectivity index (χ3n) is 3.05. The molecule has 0 aliphatic rings. The molecule has 5 nitrogen and oxygen atoms in total. The Morgan fingerprint density at radius 2 is 1.89 bits per heavy atom. The minimum atomic E-state index is -3.51. The number of likely N-dealkylation sites (N-methyl/N-ethyl adjacent to an activating group) is 1. The number of benzene rings is 1. The number of hydrogen-bond acceptors (Lipinski definition) is 4. The van der Waals surface area contributed by atoms with Crippen LogP contribution in [0.3, 0.4) is 0 Å². The van der Waals surface area contributed by atoms with Crippen molar-refractivity contribution in [1.82, 2.24) is 4.31 Å². The number of aliphatic hydroxyl groups excluding tert-OH is 1. The highest BCUT2D eigenvalue weighted by molar-refractivity contribution is 7.88. The molecule has 1 rings (SSSR count). The number of hydrogen-bond donors (Lipinski definition) is 2. The molecule has 0 atom stereocenters. The van der Waals surface area contributed by atoms with E-state index in [4.69, 9.17) is 5.73 Å². The van der Waals surface area contributed by atoms with Gasteiger partial charge in [-0.2, -0.15) is 4.31 Å². The molecule has 0 fully saturated rings. The molecule has 0 radical (unpaired) electrons. The van der Waals surface area contributed by atoms with Gasteiger partial charge in [-0.15, -0.1) is 0 Å². The maximum atomic E-state index is 12.2. The van der Waals surface area contributed by atoms with Gasteiger partial charge >= 0.3 is 0 Å². The smallest absolute Gasteiger partial charge is 0.218 e. The average molecular weight is 272 g/mol. The van der Waals surface area contributed by atoms with Crippen LogP contribution in [0.25, 0.3) is 0 Å². The van der Waals surface area contributed by atoms with E-state index < -0.39 is 15.6 Å². The molecule has 0 spiro atoms. The Labute approximate surface area is 108 Å². The van der Waals surface area contributed by atoms with Crippen LogP contribution in [-0.4, -0.2) is 37.0 Å². The molecular formula is C12H20N2O3S. The lowest BCUT2D eigenvalue weighted by Gasteiger charge is -2.32. The largest absolute Gasteiger partial charge is 0.398 e. The molecule has 3 N–H and O–H groups in total. The highest BCUT2D eigenvalue weighted by Gasteiger charge is 2.32. The van der Waals surface area contributed by atoms with Gasteiger partial charge in [0, 0.05) is 12.7 Å². The maximum Gasteiger partial charge on any atom is 0.218 e. The summed E-state index contributed by atoms with van der Waals surface area (Å²) in [7, 11) is -2.05. The van der Waals surface area contributed by atoms with Gasteiger partial charge in [0.2, 0.25) is 10.0 Å². The number of nitrogens with zero attached hydrogens (tertiary/aromatic N) is 1. The lowest BCUT2D eigenvalue weighted by molar-refractivity contribution is 0.138. The highest BCUT2D eigenvalue weighted by atomic mass is 32.2. The van der Waals surface area contributed by atoms with Crippen molar-refractivity contribution in [3.8, 4) is 0 Å². The van der Waals surface area contributed by atoms with Crippen molar-refractivity contribution in [3.05, 3.63) is 29.8 Å². The van der Waals surface area contributed by atoms with Gasteiger partial charge < -0.3 is 10.8 Å². The first-order chi connectivity index (χ1) is 8.20. The minimum Gasteiger partial charge on any atom is -0.398 e. The molecule has 0 unspecified atom stereocenters. The van der Waals surface area contributed by atoms with Crippen LogP contribution in [0, 0.1) is 0 Å². The summed E-state index contributed by atoms with van der Waals surface area (Å²) in [5, 5.41) is 9.22. The fourth-order valence-electron chi connectivity index (χ4n) is 1.44. The van der Waals surface area contributed by atoms with E-state index >= 15 is 0 Å². The second-order valence-corrected chi connectivity index (χ2v) is 6.89. The number of sulfonamides is 1. The second-order valence-electron chi connectivity index (χ2n) is 4.89. The summed E-state index contributed by atoms with van der Waals surface area (Å²) in [4.78, 5) is 0. The van der Waals surface area contributed by atoms with Crippen LogP contribution in [0.2, 0.25) is 0 Å². The van der Waals surface area contributed by atoms with Crippen LogP contribution in [0.4, 0.5) is 5.69 Å². The Balaban J connectivity index is 3.00. The zero-order valence-electron chi connectivity index (χ0n) is 10.9. The number of rotatable bonds is 5. The molecule has 0 amide bonds. The molecule has 6 heteroatoms. The monoisotopic (exact) mass is 272 g/mol. The molecular weight excluding hydrogens is 252 g/mol. The van der Waals surface area contributed by atoms with E-state index in [0.717, 1.165) is 0 Å². The van der Waals surface area contributed by atoms with Crippen LogP contribution < -0.4 is 5.73 Å². The van der Waals surface area contributed by atoms with Crippen LogP contribution in [0.1, 0.15) is 19.4 Å². The topological polar surface area (TPSA) is 83.6 Å². The molecule has 102 valence electrons. The van der Waals surface area contributed by atoms with Crippen molar-refractivity contribution in [1.29, 1.82) is 0 Å². The van der Waals surface area contributed by atoms with E-state index in [9.17, 15) is 13.5 Å². The van der Waals surface area contributed by atoms with E-state index in [1.807, 2.05) is 0 Å². The van der Waals surface area contributed by atoms with Gasteiger partial charge in [0.1, 0.15) is 0 Å². The molecule has 0 aliphatic heterocycles. The van der Waals surface area contributed by atoms with Crippen LogP contribution in [-0.2, 0) is 15.8 Å². The second kappa shape index (κ2) is 5.26. The quantitative estimate of drug-likeness (QED) is 0.777. The zero-order valence-corrected chi connectivity index (χ0v) is 11.7. The van der Waals surface area contributed by atoms with E-state index in [0.29, 0.717) is 11.3 Å². The summed E-state index contributed by atoms with van der Waals surface area (Å²) < 4.78 is 25.6. The summed E-state index contributed by atoms with van der Waals surface area (Å²) >= 11 is 0. The normalized spacial score (nSPS) is 12.9. The summed E-state index contributed by atoms with van der Waals surface area (Å²) in [5.74, 6) is -0.167. The Morgan fingerprint density at radius 3 is 2.39 bits per heavy atom. The first-order valence-corrected chi connectivity index (χ1v) is 7.22. The van der Waals surface area contributed by atoms with Gasteiger partial charge in [-0.3, -0.25) is 0 Å². The van der Waals surface area contributed by atoms with E-state index in [-0.39, 0.29) is 12.4 Å². The molecule has 0 saturated heterocycles. The Kier molecular flexibility index (Phi) is 4.37. The lowest BCUT2D eigenvalue weighted by atomic mass is 10.1. The summed E-state index contributed by atoms with van der Waals surface area (Å²) in [6.45, 7) is 3.09. The molecule has 1 aromatic rings. The van der Waals surface area contributed by atoms with Crippen LogP contribution in [0.15, 0.2) is 24.3 Å². The van der Waals surface area contributed by atoms with Crippen molar-refractivity contribution in [2.45, 2.75) is 25.1 Å². The van der Waals surface area contributed by atoms with Gasteiger partial charge in [-0.1, -0.05) is 18.2 Å². The molecule has 0 bridgehead atoms. The van der Waals surface area contributed by atoms with Gasteiger partial charge in [0.15, 0.2) is 0 Å². The Morgan fingerprint density at radius 1 is 1.33 bits per heavy atom. The number of nitrogen functional groups attached to an aromatic ring is 1. The Hall–Kier alpha value is -1.11. The fourth-order valence-corrected chi connectivity index (χ4v) is 3.10. The first-order valence-electron chi connectivity index (χ1n) is 5.61. The molecule has 0 aromatic heterocycles. The third-order valence-corrected chi connectivity index (χ3v) is 5.05. The third kappa shape index (κ3) is 3.22. The van der Waals surface area contributed by atoms with Crippen LogP contribution >= 0.6 is 0 Å². The molecule has 18 heavy (non-hydrogen) atoms. The summed E-state index contributed by atoms with van der Waals surface area (Å²) in [5.41, 5.74) is 5.93. The summed E-state index contributed by atoms with van der Waals surface area (Å²) in [6, 6.07) is 6.86. The number of aliphatic hydroxyl groups is 1. The minimum absolute atomic E-state index is 0.167. The van der Waals surface area contributed by atoms with E-state index in [1.165, 1.54) is 11.4 Å². The van der Waals surface area contributed by atoms with Crippen LogP contribution in [0.5, 0.6) is 0 Å². The van der Waals surface area contributed by atoms with Gasteiger partial charge in [0.05, 0.1) is 17.9 Å². The molecule has 0 aliphatic carbocycles. The Bertz CT molecular complexity index is 512. The maximum absolute atomic E-state index is 12.2. The van der Waals surface area contributed by atoms with Gasteiger partial charge in [-0.05, 0) is 25.5 Å². The van der Waals surface area contributed by atoms with Crippen molar-refractivity contribution >= 4 is 15.7 Å². The average Bonchev–Trinajstić information content (AvgIpc) is 2.31. The number of para-hydroxylation sites is 1. The standard InChI is InChI=1S/C12H20N2O3S/c1-12(2,9-15)14(3)18(16,17)8-10-6-4-5-7-11(10)13/h4-7,15H,8-9,13H2,1-3H3. The molecule has 1 aromatic carbocycles. The van der Waals surface area contributed by atoms with E-state index in [1.54, 1.807) is 38.1 Å².